The largest absolute Gasteiger partial charge is 0.354 e. The molecule has 0 fully saturated rings. The average Bonchev–Trinajstić information content (AvgIpc) is 2.83. The van der Waals surface area contributed by atoms with Crippen molar-refractivity contribution in [2.75, 3.05) is 6.54 Å². The fraction of sp³-hybridized carbons (Fsp3) is 0.310. The third kappa shape index (κ3) is 7.46. The number of benzene rings is 3. The highest BCUT2D eigenvalue weighted by molar-refractivity contribution is 6.31. The van der Waals surface area contributed by atoms with Gasteiger partial charge in [0.2, 0.25) is 11.8 Å². The van der Waals surface area contributed by atoms with Gasteiger partial charge in [-0.05, 0) is 35.6 Å². The minimum atomic E-state index is -0.657. The lowest BCUT2D eigenvalue weighted by Crippen LogP contribution is -2.51. The molecule has 0 aliphatic heterocycles. The van der Waals surface area contributed by atoms with Crippen LogP contribution in [0.4, 0.5) is 0 Å². The van der Waals surface area contributed by atoms with Crippen LogP contribution in [0.1, 0.15) is 36.1 Å². The summed E-state index contributed by atoms with van der Waals surface area (Å²) in [4.78, 5) is 28.8. The molecule has 2 amide bonds. The Balaban J connectivity index is 1.96. The molecule has 0 saturated heterocycles. The van der Waals surface area contributed by atoms with Crippen LogP contribution in [0.2, 0.25) is 5.02 Å². The summed E-state index contributed by atoms with van der Waals surface area (Å²) >= 11 is 6.46. The molecule has 178 valence electrons. The highest BCUT2D eigenvalue weighted by atomic mass is 35.5. The molecule has 0 aliphatic rings. The van der Waals surface area contributed by atoms with Crippen LogP contribution in [0.5, 0.6) is 0 Å². The van der Waals surface area contributed by atoms with Gasteiger partial charge in [-0.1, -0.05) is 104 Å². The van der Waals surface area contributed by atoms with Gasteiger partial charge in [-0.15, -0.1) is 0 Å². The number of rotatable bonds is 10. The third-order valence-corrected chi connectivity index (χ3v) is 6.10. The van der Waals surface area contributed by atoms with Crippen LogP contribution >= 0.6 is 11.6 Å². The highest BCUT2D eigenvalue weighted by Crippen LogP contribution is 2.21. The van der Waals surface area contributed by atoms with Crippen LogP contribution in [0, 0.1) is 12.8 Å². The predicted octanol–water partition coefficient (Wildman–Crippen LogP) is 5.60. The van der Waals surface area contributed by atoms with Gasteiger partial charge in [-0.3, -0.25) is 9.59 Å². The first-order valence-corrected chi connectivity index (χ1v) is 12.1. The standard InChI is InChI=1S/C29H33ClN2O2/c1-21(2)19-31-29(34)27(17-23-9-5-4-6-10-23)32(20-25-11-7-8-12-26(25)30)28(33)18-24-15-13-22(3)14-16-24/h4-16,21,27H,17-20H2,1-3H3,(H,31,34)/t27-/m1/s1. The van der Waals surface area contributed by atoms with Crippen molar-refractivity contribution in [3.63, 3.8) is 0 Å². The Bertz CT molecular complexity index is 1080. The van der Waals surface area contributed by atoms with Gasteiger partial charge in [0.25, 0.3) is 0 Å². The van der Waals surface area contributed by atoms with Gasteiger partial charge in [0.05, 0.1) is 6.42 Å². The number of hydrogen-bond acceptors (Lipinski definition) is 2. The molecule has 0 spiro atoms. The molecule has 4 nitrogen and oxygen atoms in total. The maximum atomic E-state index is 13.7. The molecule has 0 saturated carbocycles. The Morgan fingerprint density at radius 2 is 1.53 bits per heavy atom. The molecule has 5 heteroatoms. The van der Waals surface area contributed by atoms with Crippen LogP contribution in [0.25, 0.3) is 0 Å². The van der Waals surface area contributed by atoms with Crippen molar-refractivity contribution in [1.82, 2.24) is 10.2 Å². The number of nitrogens with zero attached hydrogens (tertiary/aromatic N) is 1. The van der Waals surface area contributed by atoms with Crippen molar-refractivity contribution in [2.24, 2.45) is 5.92 Å². The first-order valence-electron chi connectivity index (χ1n) is 11.7. The summed E-state index contributed by atoms with van der Waals surface area (Å²) in [6.45, 7) is 6.94. The van der Waals surface area contributed by atoms with Gasteiger partial charge in [-0.25, -0.2) is 0 Å². The average molecular weight is 477 g/mol. The lowest BCUT2D eigenvalue weighted by Gasteiger charge is -2.32. The normalized spacial score (nSPS) is 11.8. The number of aryl methyl sites for hydroxylation is 1. The van der Waals surface area contributed by atoms with Crippen molar-refractivity contribution < 1.29 is 9.59 Å². The summed E-state index contributed by atoms with van der Waals surface area (Å²) in [7, 11) is 0. The zero-order valence-electron chi connectivity index (χ0n) is 20.1. The maximum Gasteiger partial charge on any atom is 0.243 e. The predicted molar refractivity (Wildman–Crippen MR) is 139 cm³/mol. The molecule has 0 heterocycles. The van der Waals surface area contributed by atoms with Crippen molar-refractivity contribution in [1.29, 1.82) is 0 Å². The molecule has 0 radical (unpaired) electrons. The lowest BCUT2D eigenvalue weighted by molar-refractivity contribution is -0.140. The lowest BCUT2D eigenvalue weighted by atomic mass is 10.0. The van der Waals surface area contributed by atoms with E-state index in [-0.39, 0.29) is 24.8 Å². The number of carbonyl (C=O) groups is 2. The zero-order chi connectivity index (χ0) is 24.5. The number of halogens is 1. The third-order valence-electron chi connectivity index (χ3n) is 5.73. The molecule has 3 aromatic carbocycles. The molecule has 3 aromatic rings. The molecule has 0 unspecified atom stereocenters. The summed E-state index contributed by atoms with van der Waals surface area (Å²) in [5.74, 6) is 0.0490. The zero-order valence-corrected chi connectivity index (χ0v) is 20.9. The molecule has 34 heavy (non-hydrogen) atoms. The minimum Gasteiger partial charge on any atom is -0.354 e. The summed E-state index contributed by atoms with van der Waals surface area (Å²) in [6, 6.07) is 24.6. The van der Waals surface area contributed by atoms with Gasteiger partial charge in [0, 0.05) is 24.5 Å². The first-order chi connectivity index (χ1) is 16.3. The number of amides is 2. The summed E-state index contributed by atoms with van der Waals surface area (Å²) in [5.41, 5.74) is 3.87. The van der Waals surface area contributed by atoms with E-state index in [2.05, 4.69) is 19.2 Å². The van der Waals surface area contributed by atoms with E-state index < -0.39 is 6.04 Å². The second kappa shape index (κ2) is 12.4. The molecular formula is C29H33ClN2O2. The first kappa shape index (κ1) is 25.5. The van der Waals surface area contributed by atoms with Crippen molar-refractivity contribution in [3.8, 4) is 0 Å². The summed E-state index contributed by atoms with van der Waals surface area (Å²) < 4.78 is 0. The quantitative estimate of drug-likeness (QED) is 0.414. The maximum absolute atomic E-state index is 13.7. The van der Waals surface area contributed by atoms with Crippen LogP contribution < -0.4 is 5.32 Å². The second-order valence-corrected chi connectivity index (χ2v) is 9.53. The van der Waals surface area contributed by atoms with E-state index >= 15 is 0 Å². The number of hydrogen-bond donors (Lipinski definition) is 1. The van der Waals surface area contributed by atoms with E-state index in [0.29, 0.717) is 23.9 Å². The molecule has 3 rings (SSSR count). The van der Waals surface area contributed by atoms with Crippen molar-refractivity contribution in [3.05, 3.63) is 106 Å². The Hall–Kier alpha value is -3.11. The highest BCUT2D eigenvalue weighted by Gasteiger charge is 2.30. The van der Waals surface area contributed by atoms with E-state index in [9.17, 15) is 9.59 Å². The molecule has 1 N–H and O–H groups in total. The van der Waals surface area contributed by atoms with Gasteiger partial charge in [0.15, 0.2) is 0 Å². The van der Waals surface area contributed by atoms with E-state index in [1.165, 1.54) is 0 Å². The molecular weight excluding hydrogens is 444 g/mol. The van der Waals surface area contributed by atoms with E-state index in [4.69, 9.17) is 11.6 Å². The van der Waals surface area contributed by atoms with Crippen LogP contribution in [0.15, 0.2) is 78.9 Å². The Morgan fingerprint density at radius 1 is 0.882 bits per heavy atom. The van der Waals surface area contributed by atoms with E-state index in [1.54, 1.807) is 4.90 Å². The van der Waals surface area contributed by atoms with Crippen molar-refractivity contribution in [2.45, 2.75) is 46.2 Å². The minimum absolute atomic E-state index is 0.107. The van der Waals surface area contributed by atoms with Crippen LogP contribution in [0.3, 0.4) is 0 Å². The van der Waals surface area contributed by atoms with Gasteiger partial charge >= 0.3 is 0 Å². The summed E-state index contributed by atoms with van der Waals surface area (Å²) in [6.07, 6.45) is 0.641. The van der Waals surface area contributed by atoms with Gasteiger partial charge in [0.1, 0.15) is 6.04 Å². The number of carbonyl (C=O) groups excluding carboxylic acids is 2. The summed E-state index contributed by atoms with van der Waals surface area (Å²) in [5, 5.41) is 3.62. The fourth-order valence-corrected chi connectivity index (χ4v) is 3.96. The smallest absolute Gasteiger partial charge is 0.243 e. The van der Waals surface area contributed by atoms with E-state index in [1.807, 2.05) is 85.8 Å². The van der Waals surface area contributed by atoms with Gasteiger partial charge in [-0.2, -0.15) is 0 Å². The SMILES string of the molecule is Cc1ccc(CC(=O)N(Cc2ccccc2Cl)[C@H](Cc2ccccc2)C(=O)NCC(C)C)cc1. The van der Waals surface area contributed by atoms with Crippen LogP contribution in [-0.4, -0.2) is 29.3 Å². The topological polar surface area (TPSA) is 49.4 Å². The molecule has 0 aliphatic carbocycles. The molecule has 1 atom stereocenters. The number of nitrogens with one attached hydrogen (secondary N) is 1. The fourth-order valence-electron chi connectivity index (χ4n) is 3.77. The van der Waals surface area contributed by atoms with Crippen LogP contribution in [-0.2, 0) is 29.0 Å². The second-order valence-electron chi connectivity index (χ2n) is 9.12. The Morgan fingerprint density at radius 3 is 2.18 bits per heavy atom. The molecule has 0 aromatic heterocycles. The molecule has 0 bridgehead atoms. The van der Waals surface area contributed by atoms with E-state index in [0.717, 1.165) is 22.3 Å². The monoisotopic (exact) mass is 476 g/mol. The Kier molecular flexibility index (Phi) is 9.29. The Labute approximate surface area is 207 Å². The van der Waals surface area contributed by atoms with Crippen molar-refractivity contribution >= 4 is 23.4 Å². The van der Waals surface area contributed by atoms with Gasteiger partial charge < -0.3 is 10.2 Å².